The molecule has 0 aromatic heterocycles. The van der Waals surface area contributed by atoms with Crippen LogP contribution in [0.3, 0.4) is 0 Å². The molecule has 1 aliphatic rings. The van der Waals surface area contributed by atoms with Gasteiger partial charge in [0.2, 0.25) is 0 Å². The maximum Gasteiger partial charge on any atom is 0.514 e. The van der Waals surface area contributed by atoms with Crippen LogP contribution in [0.15, 0.2) is 43.0 Å². The van der Waals surface area contributed by atoms with E-state index in [0.717, 1.165) is 38.6 Å². The van der Waals surface area contributed by atoms with E-state index in [1.807, 2.05) is 50.2 Å². The van der Waals surface area contributed by atoms with Crippen molar-refractivity contribution in [1.82, 2.24) is 0 Å². The molecule has 0 fully saturated rings. The first-order chi connectivity index (χ1) is 15.1. The van der Waals surface area contributed by atoms with Gasteiger partial charge in [-0.1, -0.05) is 43.0 Å². The standard InChI is InChI=1S/C27H26O5/c1-7-17-8-10-18(11-9-17)22-19-12-15(2)16(3)13-20(19)24(21-14-30-25(28)23(21)22)31-26(29)32-27(4,5)6/h7-13H,1,14H2,2-6H3. The summed E-state index contributed by atoms with van der Waals surface area (Å²) in [7, 11) is 0. The Morgan fingerprint density at radius 3 is 2.25 bits per heavy atom. The van der Waals surface area contributed by atoms with E-state index in [1.165, 1.54) is 0 Å². The fourth-order valence-electron chi connectivity index (χ4n) is 3.90. The zero-order chi connectivity index (χ0) is 23.2. The average molecular weight is 431 g/mol. The molecule has 5 heteroatoms. The average Bonchev–Trinajstić information content (AvgIpc) is 3.10. The van der Waals surface area contributed by atoms with Gasteiger partial charge < -0.3 is 14.2 Å². The van der Waals surface area contributed by atoms with Gasteiger partial charge in [0.05, 0.1) is 5.56 Å². The van der Waals surface area contributed by atoms with Gasteiger partial charge in [0.15, 0.2) is 0 Å². The molecular formula is C27H26O5. The SMILES string of the molecule is C=Cc1ccc(-c2c3c(c(OC(=O)OC(C)(C)C)c4cc(C)c(C)cc24)COC3=O)cc1. The van der Waals surface area contributed by atoms with E-state index in [9.17, 15) is 9.59 Å². The number of carbonyl (C=O) groups is 2. The second-order valence-electron chi connectivity index (χ2n) is 9.01. The third kappa shape index (κ3) is 3.86. The van der Waals surface area contributed by atoms with E-state index in [2.05, 4.69) is 6.58 Å². The smallest absolute Gasteiger partial charge is 0.457 e. The number of hydrogen-bond donors (Lipinski definition) is 0. The van der Waals surface area contributed by atoms with Gasteiger partial charge in [-0.05, 0) is 68.3 Å². The molecule has 0 bridgehead atoms. The minimum atomic E-state index is -0.818. The number of fused-ring (bicyclic) bond motifs is 2. The predicted octanol–water partition coefficient (Wildman–Crippen LogP) is 6.75. The van der Waals surface area contributed by atoms with E-state index in [1.54, 1.807) is 26.8 Å². The molecular weight excluding hydrogens is 404 g/mol. The first-order valence-electron chi connectivity index (χ1n) is 10.5. The first kappa shape index (κ1) is 21.6. The van der Waals surface area contributed by atoms with E-state index in [4.69, 9.17) is 14.2 Å². The second-order valence-corrected chi connectivity index (χ2v) is 9.01. The van der Waals surface area contributed by atoms with E-state index in [0.29, 0.717) is 16.9 Å². The fourth-order valence-corrected chi connectivity index (χ4v) is 3.90. The topological polar surface area (TPSA) is 61.8 Å². The van der Waals surface area contributed by atoms with Crippen molar-refractivity contribution in [2.24, 2.45) is 0 Å². The van der Waals surface area contributed by atoms with Crippen LogP contribution in [0.5, 0.6) is 5.75 Å². The van der Waals surface area contributed by atoms with Gasteiger partial charge in [0, 0.05) is 16.5 Å². The number of rotatable bonds is 3. The highest BCUT2D eigenvalue weighted by Gasteiger charge is 2.33. The van der Waals surface area contributed by atoms with Crippen LogP contribution in [0, 0.1) is 13.8 Å². The Labute approximate surface area is 187 Å². The first-order valence-corrected chi connectivity index (χ1v) is 10.5. The summed E-state index contributed by atoms with van der Waals surface area (Å²) in [4.78, 5) is 25.4. The van der Waals surface area contributed by atoms with Crippen molar-refractivity contribution in [3.63, 3.8) is 0 Å². The quantitative estimate of drug-likeness (QED) is 0.340. The van der Waals surface area contributed by atoms with Gasteiger partial charge in [-0.15, -0.1) is 0 Å². The number of carbonyl (C=O) groups excluding carboxylic acids is 2. The Kier molecular flexibility index (Phi) is 5.29. The highest BCUT2D eigenvalue weighted by Crippen LogP contribution is 2.45. The molecule has 0 N–H and O–H groups in total. The molecule has 0 unspecified atom stereocenters. The molecule has 3 aromatic carbocycles. The monoisotopic (exact) mass is 430 g/mol. The predicted molar refractivity (Wildman–Crippen MR) is 125 cm³/mol. The Bertz CT molecular complexity index is 1260. The van der Waals surface area contributed by atoms with Crippen LogP contribution in [0.25, 0.3) is 28.0 Å². The Morgan fingerprint density at radius 2 is 1.66 bits per heavy atom. The fraction of sp³-hybridized carbons (Fsp3) is 0.259. The van der Waals surface area contributed by atoms with Crippen molar-refractivity contribution in [2.75, 3.05) is 0 Å². The summed E-state index contributed by atoms with van der Waals surface area (Å²) >= 11 is 0. The van der Waals surface area contributed by atoms with E-state index < -0.39 is 17.7 Å². The molecule has 1 aliphatic heterocycles. The lowest BCUT2D eigenvalue weighted by Crippen LogP contribution is -2.26. The number of aryl methyl sites for hydroxylation is 2. The van der Waals surface area contributed by atoms with Gasteiger partial charge in [-0.25, -0.2) is 9.59 Å². The third-order valence-corrected chi connectivity index (χ3v) is 5.54. The molecule has 3 aromatic rings. The lowest BCUT2D eigenvalue weighted by molar-refractivity contribution is 0.0206. The number of esters is 1. The minimum Gasteiger partial charge on any atom is -0.457 e. The minimum absolute atomic E-state index is 0.0346. The second kappa shape index (κ2) is 7.83. The maximum atomic E-state index is 12.8. The number of benzene rings is 3. The van der Waals surface area contributed by atoms with Gasteiger partial charge >= 0.3 is 12.1 Å². The van der Waals surface area contributed by atoms with Crippen molar-refractivity contribution in [2.45, 2.75) is 46.8 Å². The highest BCUT2D eigenvalue weighted by atomic mass is 16.7. The van der Waals surface area contributed by atoms with Gasteiger partial charge in [-0.2, -0.15) is 0 Å². The number of cyclic esters (lactones) is 1. The molecule has 0 atom stereocenters. The molecule has 0 spiro atoms. The number of ether oxygens (including phenoxy) is 3. The summed E-state index contributed by atoms with van der Waals surface area (Å²) in [6, 6.07) is 11.8. The maximum absolute atomic E-state index is 12.8. The van der Waals surface area contributed by atoms with Gasteiger partial charge in [-0.3, -0.25) is 0 Å². The molecule has 1 heterocycles. The van der Waals surface area contributed by atoms with Crippen LogP contribution in [-0.2, 0) is 16.1 Å². The summed E-state index contributed by atoms with van der Waals surface area (Å²) in [5.41, 5.74) is 5.01. The molecule has 4 rings (SSSR count). The molecule has 164 valence electrons. The summed E-state index contributed by atoms with van der Waals surface area (Å²) in [5, 5.41) is 1.55. The zero-order valence-electron chi connectivity index (χ0n) is 19.0. The van der Waals surface area contributed by atoms with Crippen molar-refractivity contribution < 1.29 is 23.8 Å². The van der Waals surface area contributed by atoms with Crippen molar-refractivity contribution in [3.05, 3.63) is 70.8 Å². The zero-order valence-corrected chi connectivity index (χ0v) is 19.0. The molecule has 32 heavy (non-hydrogen) atoms. The molecule has 0 aliphatic carbocycles. The van der Waals surface area contributed by atoms with Crippen molar-refractivity contribution in [3.8, 4) is 16.9 Å². The Hall–Kier alpha value is -3.60. The lowest BCUT2D eigenvalue weighted by atomic mass is 9.87. The van der Waals surface area contributed by atoms with Crippen LogP contribution in [-0.4, -0.2) is 17.7 Å². The van der Waals surface area contributed by atoms with Crippen molar-refractivity contribution >= 4 is 29.0 Å². The van der Waals surface area contributed by atoms with Crippen LogP contribution in [0.4, 0.5) is 4.79 Å². The van der Waals surface area contributed by atoms with Crippen LogP contribution in [0.2, 0.25) is 0 Å². The van der Waals surface area contributed by atoms with Crippen LogP contribution in [0.1, 0.15) is 53.4 Å². The molecule has 0 saturated heterocycles. The summed E-state index contributed by atoms with van der Waals surface area (Å²) in [6.07, 6.45) is 0.952. The molecule has 0 amide bonds. The van der Waals surface area contributed by atoms with Crippen LogP contribution < -0.4 is 4.74 Å². The Balaban J connectivity index is 2.02. The third-order valence-electron chi connectivity index (χ3n) is 5.54. The molecule has 0 saturated carbocycles. The van der Waals surface area contributed by atoms with Gasteiger partial charge in [0.25, 0.3) is 0 Å². The summed E-state index contributed by atoms with van der Waals surface area (Å²) in [5.74, 6) is -0.123. The molecule has 5 nitrogen and oxygen atoms in total. The highest BCUT2D eigenvalue weighted by molar-refractivity contribution is 6.13. The van der Waals surface area contributed by atoms with Gasteiger partial charge in [0.1, 0.15) is 18.0 Å². The Morgan fingerprint density at radius 1 is 1.03 bits per heavy atom. The normalized spacial score (nSPS) is 13.0. The lowest BCUT2D eigenvalue weighted by Gasteiger charge is -2.21. The summed E-state index contributed by atoms with van der Waals surface area (Å²) < 4.78 is 16.5. The summed E-state index contributed by atoms with van der Waals surface area (Å²) in [6.45, 7) is 13.2. The number of hydrogen-bond acceptors (Lipinski definition) is 5. The van der Waals surface area contributed by atoms with E-state index in [-0.39, 0.29) is 6.61 Å². The molecule has 0 radical (unpaired) electrons. The van der Waals surface area contributed by atoms with Crippen LogP contribution >= 0.6 is 0 Å². The largest absolute Gasteiger partial charge is 0.514 e. The van der Waals surface area contributed by atoms with E-state index >= 15 is 0 Å². The van der Waals surface area contributed by atoms with Crippen molar-refractivity contribution in [1.29, 1.82) is 0 Å².